The zero-order valence-electron chi connectivity index (χ0n) is 21.0. The maximum absolute atomic E-state index is 12.8. The van der Waals surface area contributed by atoms with Crippen molar-refractivity contribution in [2.24, 2.45) is 0 Å². The molecule has 1 saturated heterocycles. The highest BCUT2D eigenvalue weighted by atomic mass is 32.2. The summed E-state index contributed by atoms with van der Waals surface area (Å²) in [6, 6.07) is 25.3. The van der Waals surface area contributed by atoms with Crippen LogP contribution in [0.5, 0.6) is 11.5 Å². The fraction of sp³-hybridized carbons (Fsp3) is 0.321. The normalized spacial score (nSPS) is 15.2. The van der Waals surface area contributed by atoms with E-state index in [1.54, 1.807) is 0 Å². The third kappa shape index (κ3) is 8.13. The molecule has 8 nitrogen and oxygen atoms in total. The number of piperidine rings is 1. The van der Waals surface area contributed by atoms with Gasteiger partial charge in [0.1, 0.15) is 11.5 Å². The largest absolute Gasteiger partial charge is 0.457 e. The van der Waals surface area contributed by atoms with Gasteiger partial charge in [0.25, 0.3) is 0 Å². The van der Waals surface area contributed by atoms with E-state index in [2.05, 4.69) is 27.1 Å². The number of hydrogen-bond donors (Lipinski definition) is 3. The van der Waals surface area contributed by atoms with Gasteiger partial charge in [0.2, 0.25) is 11.3 Å². The van der Waals surface area contributed by atoms with Crippen molar-refractivity contribution in [3.63, 3.8) is 0 Å². The summed E-state index contributed by atoms with van der Waals surface area (Å²) in [6.45, 7) is 5.79. The Hall–Kier alpha value is -3.24. The number of anilines is 1. The van der Waals surface area contributed by atoms with Crippen LogP contribution in [0.3, 0.4) is 0 Å². The minimum Gasteiger partial charge on any atom is -0.457 e. The molecule has 1 fully saturated rings. The molecule has 0 aliphatic carbocycles. The molecule has 4 rings (SSSR count). The van der Waals surface area contributed by atoms with Crippen molar-refractivity contribution in [1.29, 1.82) is 0 Å². The zero-order chi connectivity index (χ0) is 26.0. The number of para-hydroxylation sites is 1. The number of nitrogens with one attached hydrogen (secondary N) is 2. The summed E-state index contributed by atoms with van der Waals surface area (Å²) in [7, 11) is 0. The van der Waals surface area contributed by atoms with Gasteiger partial charge in [-0.3, -0.25) is 9.45 Å². The molecule has 2 amide bonds. The number of rotatable bonds is 10. The number of nitrogens with zero attached hydrogens (tertiary/aromatic N) is 2. The lowest BCUT2D eigenvalue weighted by atomic mass is 10.0. The van der Waals surface area contributed by atoms with Crippen LogP contribution in [0.2, 0.25) is 0 Å². The van der Waals surface area contributed by atoms with Crippen molar-refractivity contribution in [2.75, 3.05) is 25.0 Å². The van der Waals surface area contributed by atoms with Gasteiger partial charge in [-0.25, -0.2) is 13.7 Å². The topological polar surface area (TPSA) is 94.1 Å². The molecule has 1 unspecified atom stereocenters. The van der Waals surface area contributed by atoms with Gasteiger partial charge < -0.3 is 15.0 Å². The minimum atomic E-state index is -2.02. The van der Waals surface area contributed by atoms with E-state index in [1.165, 1.54) is 5.56 Å². The van der Waals surface area contributed by atoms with Crippen molar-refractivity contribution in [1.82, 2.24) is 14.5 Å². The minimum absolute atomic E-state index is 0.0318. The average Bonchev–Trinajstić information content (AvgIpc) is 2.91. The lowest BCUT2D eigenvalue weighted by Gasteiger charge is -2.38. The highest BCUT2D eigenvalue weighted by Crippen LogP contribution is 2.24. The second-order valence-electron chi connectivity index (χ2n) is 9.05. The van der Waals surface area contributed by atoms with Gasteiger partial charge in [-0.2, -0.15) is 0 Å². The molecular weight excluding hydrogens is 488 g/mol. The quantitative estimate of drug-likeness (QED) is 0.317. The van der Waals surface area contributed by atoms with Crippen molar-refractivity contribution in [3.05, 3.63) is 90.0 Å². The van der Waals surface area contributed by atoms with Crippen LogP contribution in [0.15, 0.2) is 78.9 Å². The SMILES string of the molecule is CCN(C(=O)Nc1ccccc1)C1CCN(Cc2ccc(Oc3ccc(CNS(=O)O)cc3)cc2)CC1. The molecule has 1 aliphatic rings. The van der Waals surface area contributed by atoms with E-state index in [4.69, 9.17) is 9.29 Å². The molecule has 3 aromatic rings. The Bertz CT molecular complexity index is 1150. The predicted octanol–water partition coefficient (Wildman–Crippen LogP) is 5.22. The Morgan fingerprint density at radius 1 is 0.973 bits per heavy atom. The van der Waals surface area contributed by atoms with Gasteiger partial charge >= 0.3 is 6.03 Å². The summed E-state index contributed by atoms with van der Waals surface area (Å²) in [5.74, 6) is 1.47. The van der Waals surface area contributed by atoms with Crippen LogP contribution in [0.1, 0.15) is 30.9 Å². The average molecular weight is 523 g/mol. The number of ether oxygens (including phenoxy) is 1. The van der Waals surface area contributed by atoms with Crippen LogP contribution in [-0.2, 0) is 24.4 Å². The molecule has 0 spiro atoms. The van der Waals surface area contributed by atoms with Gasteiger partial charge in [0, 0.05) is 44.5 Å². The van der Waals surface area contributed by atoms with Crippen LogP contribution >= 0.6 is 0 Å². The number of amides is 2. The first-order valence-corrected chi connectivity index (χ1v) is 13.7. The molecule has 1 aliphatic heterocycles. The van der Waals surface area contributed by atoms with E-state index in [0.717, 1.165) is 49.5 Å². The Labute approximate surface area is 221 Å². The molecule has 0 radical (unpaired) electrons. The number of urea groups is 1. The van der Waals surface area contributed by atoms with Gasteiger partial charge in [-0.1, -0.05) is 42.5 Å². The van der Waals surface area contributed by atoms with Crippen molar-refractivity contribution in [2.45, 2.75) is 38.9 Å². The van der Waals surface area contributed by atoms with E-state index in [9.17, 15) is 9.00 Å². The summed E-state index contributed by atoms with van der Waals surface area (Å²) >= 11 is -2.02. The summed E-state index contributed by atoms with van der Waals surface area (Å²) in [5, 5.41) is 3.01. The first-order valence-electron chi connectivity index (χ1n) is 12.6. The molecule has 0 aromatic heterocycles. The highest BCUT2D eigenvalue weighted by Gasteiger charge is 2.27. The van der Waals surface area contributed by atoms with Crippen molar-refractivity contribution in [3.8, 4) is 11.5 Å². The number of carbonyl (C=O) groups excluding carboxylic acids is 1. The van der Waals surface area contributed by atoms with E-state index in [0.29, 0.717) is 18.8 Å². The van der Waals surface area contributed by atoms with E-state index in [1.807, 2.05) is 78.6 Å². The number of likely N-dealkylation sites (tertiary alicyclic amines) is 1. The number of hydrogen-bond acceptors (Lipinski definition) is 4. The molecule has 0 bridgehead atoms. The molecule has 3 aromatic carbocycles. The third-order valence-corrected chi connectivity index (χ3v) is 6.90. The first-order chi connectivity index (χ1) is 18.0. The summed E-state index contributed by atoms with van der Waals surface area (Å²) in [4.78, 5) is 17.2. The lowest BCUT2D eigenvalue weighted by molar-refractivity contribution is 0.126. The lowest BCUT2D eigenvalue weighted by Crippen LogP contribution is -2.48. The predicted molar refractivity (Wildman–Crippen MR) is 147 cm³/mol. The summed E-state index contributed by atoms with van der Waals surface area (Å²) < 4.78 is 27.9. The standard InChI is InChI=1S/C28H34N4O4S/c1-2-32(28(33)30-24-6-4-3-5-7-24)25-16-18-31(19-17-25)21-23-10-14-27(15-11-23)36-26-12-8-22(9-13-26)20-29-37(34)35/h3-15,25,29H,2,16-21H2,1H3,(H,30,33)(H,34,35). The summed E-state index contributed by atoms with van der Waals surface area (Å²) in [6.07, 6.45) is 1.91. The van der Waals surface area contributed by atoms with Crippen LogP contribution in [0.4, 0.5) is 10.5 Å². The molecule has 1 atom stereocenters. The molecule has 3 N–H and O–H groups in total. The van der Waals surface area contributed by atoms with Crippen LogP contribution < -0.4 is 14.8 Å². The molecular formula is C28H34N4O4S. The second-order valence-corrected chi connectivity index (χ2v) is 9.84. The Balaban J connectivity index is 1.23. The molecule has 1 heterocycles. The fourth-order valence-corrected chi connectivity index (χ4v) is 4.84. The molecule has 37 heavy (non-hydrogen) atoms. The van der Waals surface area contributed by atoms with Crippen LogP contribution in [0.25, 0.3) is 0 Å². The molecule has 196 valence electrons. The third-order valence-electron chi connectivity index (χ3n) is 6.51. The maximum Gasteiger partial charge on any atom is 0.322 e. The van der Waals surface area contributed by atoms with E-state index >= 15 is 0 Å². The van der Waals surface area contributed by atoms with Gasteiger partial charge in [-0.05, 0) is 67.3 Å². The van der Waals surface area contributed by atoms with Gasteiger partial charge in [0.05, 0.1) is 0 Å². The van der Waals surface area contributed by atoms with Crippen molar-refractivity contribution >= 4 is 23.0 Å². The van der Waals surface area contributed by atoms with Crippen LogP contribution in [0, 0.1) is 0 Å². The fourth-order valence-electron chi connectivity index (χ4n) is 4.55. The molecule has 0 saturated carbocycles. The van der Waals surface area contributed by atoms with Gasteiger partial charge in [0.15, 0.2) is 0 Å². The summed E-state index contributed by atoms with van der Waals surface area (Å²) in [5.41, 5.74) is 2.94. The first kappa shape index (κ1) is 26.8. The maximum atomic E-state index is 12.8. The van der Waals surface area contributed by atoms with Crippen LogP contribution in [-0.4, -0.2) is 50.3 Å². The van der Waals surface area contributed by atoms with Crippen molar-refractivity contribution < 1.29 is 18.3 Å². The smallest absolute Gasteiger partial charge is 0.322 e. The number of carbonyl (C=O) groups is 1. The monoisotopic (exact) mass is 522 g/mol. The van der Waals surface area contributed by atoms with E-state index < -0.39 is 11.3 Å². The Kier molecular flexibility index (Phi) is 9.67. The van der Waals surface area contributed by atoms with Gasteiger partial charge in [-0.15, -0.1) is 0 Å². The Morgan fingerprint density at radius 3 is 2.14 bits per heavy atom. The number of benzene rings is 3. The highest BCUT2D eigenvalue weighted by molar-refractivity contribution is 7.77. The molecule has 9 heteroatoms. The second kappa shape index (κ2) is 13.3. The Morgan fingerprint density at radius 2 is 1.57 bits per heavy atom. The van der Waals surface area contributed by atoms with E-state index in [-0.39, 0.29) is 12.1 Å². The zero-order valence-corrected chi connectivity index (χ0v) is 21.8.